The smallest absolute Gasteiger partial charge is 0.240 e. The lowest BCUT2D eigenvalue weighted by molar-refractivity contribution is -0.124. The highest BCUT2D eigenvalue weighted by molar-refractivity contribution is 6.30. The van der Waals surface area contributed by atoms with Crippen LogP contribution in [-0.2, 0) is 22.4 Å². The Bertz CT molecular complexity index is 760. The molecule has 0 saturated carbocycles. The van der Waals surface area contributed by atoms with Crippen LogP contribution in [0.15, 0.2) is 48.5 Å². The zero-order valence-electron chi connectivity index (χ0n) is 12.5. The number of hydrogen-bond acceptors (Lipinski definition) is 2. The molecule has 1 atom stereocenters. The third-order valence-corrected chi connectivity index (χ3v) is 4.32. The van der Waals surface area contributed by atoms with Crippen molar-refractivity contribution in [3.8, 4) is 0 Å². The second-order valence-electron chi connectivity index (χ2n) is 5.64. The fourth-order valence-corrected chi connectivity index (χ4v) is 3.20. The molecule has 2 amide bonds. The SMILES string of the molecule is NC(=O)[C@@H]1Cc2ccccc2N1C(=O)CCc1cccc(Cl)c1. The van der Waals surface area contributed by atoms with Gasteiger partial charge in [-0.05, 0) is 35.7 Å². The lowest BCUT2D eigenvalue weighted by Gasteiger charge is -2.23. The van der Waals surface area contributed by atoms with Crippen molar-refractivity contribution in [2.75, 3.05) is 4.90 Å². The lowest BCUT2D eigenvalue weighted by atomic mass is 10.1. The number of rotatable bonds is 4. The van der Waals surface area contributed by atoms with Gasteiger partial charge >= 0.3 is 0 Å². The minimum atomic E-state index is -0.598. The van der Waals surface area contributed by atoms with E-state index in [9.17, 15) is 9.59 Å². The van der Waals surface area contributed by atoms with Gasteiger partial charge in [0.15, 0.2) is 0 Å². The summed E-state index contributed by atoms with van der Waals surface area (Å²) in [6.07, 6.45) is 1.36. The number of nitrogens with zero attached hydrogens (tertiary/aromatic N) is 1. The summed E-state index contributed by atoms with van der Waals surface area (Å²) in [4.78, 5) is 25.9. The van der Waals surface area contributed by atoms with Gasteiger partial charge in [0.1, 0.15) is 6.04 Å². The number of para-hydroxylation sites is 1. The van der Waals surface area contributed by atoms with Gasteiger partial charge in [0.25, 0.3) is 0 Å². The second kappa shape index (κ2) is 6.42. The molecule has 5 heteroatoms. The number of carbonyl (C=O) groups is 2. The molecule has 0 aromatic heterocycles. The monoisotopic (exact) mass is 328 g/mol. The number of hydrogen-bond donors (Lipinski definition) is 1. The van der Waals surface area contributed by atoms with Gasteiger partial charge in [0.2, 0.25) is 11.8 Å². The van der Waals surface area contributed by atoms with Crippen molar-refractivity contribution in [1.29, 1.82) is 0 Å². The number of carbonyl (C=O) groups excluding carboxylic acids is 2. The van der Waals surface area contributed by atoms with Crippen LogP contribution in [0.4, 0.5) is 5.69 Å². The Labute approximate surface area is 139 Å². The molecule has 3 rings (SSSR count). The van der Waals surface area contributed by atoms with E-state index in [0.29, 0.717) is 24.3 Å². The minimum Gasteiger partial charge on any atom is -0.368 e. The quantitative estimate of drug-likeness (QED) is 0.938. The first-order valence-corrected chi connectivity index (χ1v) is 7.88. The highest BCUT2D eigenvalue weighted by Crippen LogP contribution is 2.32. The molecule has 0 spiro atoms. The van der Waals surface area contributed by atoms with Crippen LogP contribution in [0.5, 0.6) is 0 Å². The Morgan fingerprint density at radius 1 is 1.17 bits per heavy atom. The molecule has 0 bridgehead atoms. The second-order valence-corrected chi connectivity index (χ2v) is 6.08. The van der Waals surface area contributed by atoms with Gasteiger partial charge in [-0.1, -0.05) is 41.9 Å². The van der Waals surface area contributed by atoms with Crippen molar-refractivity contribution < 1.29 is 9.59 Å². The molecule has 2 N–H and O–H groups in total. The molecule has 0 aliphatic carbocycles. The summed E-state index contributed by atoms with van der Waals surface area (Å²) < 4.78 is 0. The molecule has 1 heterocycles. The Kier molecular flexibility index (Phi) is 4.35. The molecule has 0 saturated heterocycles. The maximum atomic E-state index is 12.7. The van der Waals surface area contributed by atoms with Crippen LogP contribution in [0.1, 0.15) is 17.5 Å². The summed E-state index contributed by atoms with van der Waals surface area (Å²) in [6, 6.07) is 14.4. The summed E-state index contributed by atoms with van der Waals surface area (Å²) in [5.74, 6) is -0.573. The molecular formula is C18H17ClN2O2. The maximum absolute atomic E-state index is 12.7. The fourth-order valence-electron chi connectivity index (χ4n) is 2.99. The van der Waals surface area contributed by atoms with Crippen molar-refractivity contribution in [3.63, 3.8) is 0 Å². The fraction of sp³-hybridized carbons (Fsp3) is 0.222. The molecule has 4 nitrogen and oxygen atoms in total. The molecule has 1 aliphatic heterocycles. The van der Waals surface area contributed by atoms with E-state index in [1.807, 2.05) is 42.5 Å². The first kappa shape index (κ1) is 15.6. The van der Waals surface area contributed by atoms with E-state index in [1.54, 1.807) is 11.0 Å². The van der Waals surface area contributed by atoms with Gasteiger partial charge in [-0.15, -0.1) is 0 Å². The molecule has 118 valence electrons. The summed E-state index contributed by atoms with van der Waals surface area (Å²) in [7, 11) is 0. The predicted molar refractivity (Wildman–Crippen MR) is 90.4 cm³/mol. The Hall–Kier alpha value is -2.33. The molecule has 23 heavy (non-hydrogen) atoms. The topological polar surface area (TPSA) is 63.4 Å². The van der Waals surface area contributed by atoms with Gasteiger partial charge in [0, 0.05) is 23.6 Å². The van der Waals surface area contributed by atoms with E-state index < -0.39 is 11.9 Å². The first-order chi connectivity index (χ1) is 11.1. The number of anilines is 1. The number of benzene rings is 2. The van der Waals surface area contributed by atoms with Crippen molar-refractivity contribution in [2.24, 2.45) is 5.73 Å². The average Bonchev–Trinajstić information content (AvgIpc) is 2.92. The van der Waals surface area contributed by atoms with Crippen molar-refractivity contribution in [3.05, 3.63) is 64.7 Å². The normalized spacial score (nSPS) is 16.2. The van der Waals surface area contributed by atoms with E-state index in [0.717, 1.165) is 16.8 Å². The summed E-state index contributed by atoms with van der Waals surface area (Å²) in [5.41, 5.74) is 8.24. The summed E-state index contributed by atoms with van der Waals surface area (Å²) >= 11 is 5.96. The zero-order valence-corrected chi connectivity index (χ0v) is 13.3. The number of halogens is 1. The van der Waals surface area contributed by atoms with Gasteiger partial charge in [-0.25, -0.2) is 0 Å². The zero-order chi connectivity index (χ0) is 16.4. The highest BCUT2D eigenvalue weighted by atomic mass is 35.5. The number of primary amides is 1. The molecule has 2 aromatic carbocycles. The van der Waals surface area contributed by atoms with Gasteiger partial charge in [-0.2, -0.15) is 0 Å². The number of nitrogens with two attached hydrogens (primary N) is 1. The largest absolute Gasteiger partial charge is 0.368 e. The van der Waals surface area contributed by atoms with E-state index in [1.165, 1.54) is 0 Å². The molecule has 2 aromatic rings. The van der Waals surface area contributed by atoms with Crippen LogP contribution in [0.3, 0.4) is 0 Å². The third-order valence-electron chi connectivity index (χ3n) is 4.09. The van der Waals surface area contributed by atoms with Gasteiger partial charge < -0.3 is 5.73 Å². The van der Waals surface area contributed by atoms with Crippen LogP contribution >= 0.6 is 11.6 Å². The maximum Gasteiger partial charge on any atom is 0.240 e. The number of fused-ring (bicyclic) bond motifs is 1. The number of aryl methyl sites for hydroxylation is 1. The molecular weight excluding hydrogens is 312 g/mol. The van der Waals surface area contributed by atoms with E-state index in [2.05, 4.69) is 0 Å². The molecule has 0 unspecified atom stereocenters. The van der Waals surface area contributed by atoms with E-state index in [-0.39, 0.29) is 5.91 Å². The molecule has 0 radical (unpaired) electrons. The Morgan fingerprint density at radius 3 is 2.70 bits per heavy atom. The minimum absolute atomic E-state index is 0.0984. The van der Waals surface area contributed by atoms with Crippen LogP contribution in [0, 0.1) is 0 Å². The van der Waals surface area contributed by atoms with E-state index >= 15 is 0 Å². The predicted octanol–water partition coefficient (Wildman–Crippen LogP) is 2.72. The van der Waals surface area contributed by atoms with Crippen LogP contribution in [-0.4, -0.2) is 17.9 Å². The number of amides is 2. The van der Waals surface area contributed by atoms with Crippen LogP contribution in [0.25, 0.3) is 0 Å². The Balaban J connectivity index is 1.78. The van der Waals surface area contributed by atoms with Crippen molar-refractivity contribution in [2.45, 2.75) is 25.3 Å². The van der Waals surface area contributed by atoms with Crippen molar-refractivity contribution in [1.82, 2.24) is 0 Å². The van der Waals surface area contributed by atoms with Crippen molar-refractivity contribution >= 4 is 29.1 Å². The van der Waals surface area contributed by atoms with E-state index in [4.69, 9.17) is 17.3 Å². The van der Waals surface area contributed by atoms with Crippen LogP contribution < -0.4 is 10.6 Å². The summed E-state index contributed by atoms with van der Waals surface area (Å²) in [5, 5.41) is 0.650. The average molecular weight is 329 g/mol. The van der Waals surface area contributed by atoms with Gasteiger partial charge in [-0.3, -0.25) is 14.5 Å². The van der Waals surface area contributed by atoms with Crippen LogP contribution in [0.2, 0.25) is 5.02 Å². The standard InChI is InChI=1S/C18H17ClN2O2/c19-14-6-3-4-12(10-14)8-9-17(22)21-15-7-2-1-5-13(15)11-16(21)18(20)23/h1-7,10,16H,8-9,11H2,(H2,20,23)/t16-/m0/s1. The summed E-state index contributed by atoms with van der Waals surface area (Å²) in [6.45, 7) is 0. The lowest BCUT2D eigenvalue weighted by Crippen LogP contribution is -2.46. The molecule has 1 aliphatic rings. The first-order valence-electron chi connectivity index (χ1n) is 7.50. The Morgan fingerprint density at radius 2 is 1.96 bits per heavy atom. The highest BCUT2D eigenvalue weighted by Gasteiger charge is 2.36. The van der Waals surface area contributed by atoms with Gasteiger partial charge in [0.05, 0.1) is 0 Å². The third kappa shape index (κ3) is 3.22. The molecule has 0 fully saturated rings.